The predicted molar refractivity (Wildman–Crippen MR) is 205 cm³/mol. The molecular formula is C44H61ClN2O6. The van der Waals surface area contributed by atoms with Crippen molar-refractivity contribution >= 4 is 35.4 Å². The number of aliphatic carboxylic acids is 1. The number of carbonyl (C=O) groups is 4. The van der Waals surface area contributed by atoms with Gasteiger partial charge in [-0.1, -0.05) is 65.3 Å². The van der Waals surface area contributed by atoms with Crippen LogP contribution in [0.25, 0.3) is 0 Å². The lowest BCUT2D eigenvalue weighted by Crippen LogP contribution is -2.63. The first kappa shape index (κ1) is 38.4. The molecular weight excluding hydrogens is 688 g/mol. The van der Waals surface area contributed by atoms with Crippen molar-refractivity contribution in [2.75, 3.05) is 0 Å². The number of hydrogen-bond acceptors (Lipinski definition) is 5. The minimum absolute atomic E-state index is 0.0871. The molecule has 0 spiro atoms. The summed E-state index contributed by atoms with van der Waals surface area (Å²) in [5.74, 6) is 0.204. The van der Waals surface area contributed by atoms with Crippen LogP contribution >= 0.6 is 11.6 Å². The number of ether oxygens (including phenoxy) is 1. The van der Waals surface area contributed by atoms with E-state index in [2.05, 4.69) is 45.3 Å². The lowest BCUT2D eigenvalue weighted by Gasteiger charge is -2.67. The summed E-state index contributed by atoms with van der Waals surface area (Å²) in [7, 11) is 0. The lowest BCUT2D eigenvalue weighted by atomic mass is 9.38. The van der Waals surface area contributed by atoms with Gasteiger partial charge in [-0.05, 0) is 153 Å². The Hall–Kier alpha value is -2.87. The second-order valence-electron chi connectivity index (χ2n) is 19.4. The fraction of sp³-hybridized carbons (Fsp3) is 0.727. The highest BCUT2D eigenvalue weighted by Gasteiger charge is 2.65. The molecule has 6 aliphatic carbocycles. The van der Waals surface area contributed by atoms with Crippen LogP contribution in [-0.4, -0.2) is 40.5 Å². The molecule has 12 unspecified atom stereocenters. The molecule has 53 heavy (non-hydrogen) atoms. The molecule has 0 heterocycles. The molecule has 0 saturated heterocycles. The summed E-state index contributed by atoms with van der Waals surface area (Å²) in [5.41, 5.74) is 2.06. The average Bonchev–Trinajstić information content (AvgIpc) is 3.36. The van der Waals surface area contributed by atoms with Crippen LogP contribution in [0.4, 0.5) is 4.79 Å². The van der Waals surface area contributed by atoms with Crippen molar-refractivity contribution in [3.8, 4) is 0 Å². The zero-order chi connectivity index (χ0) is 38.4. The number of amides is 2. The van der Waals surface area contributed by atoms with Gasteiger partial charge in [-0.25, -0.2) is 4.79 Å². The number of carbonyl (C=O) groups excluding carboxylic acids is 3. The minimum atomic E-state index is -0.820. The number of ketones is 1. The summed E-state index contributed by atoms with van der Waals surface area (Å²) < 4.78 is 6.23. The van der Waals surface area contributed by atoms with E-state index in [0.717, 1.165) is 62.5 Å². The van der Waals surface area contributed by atoms with E-state index < -0.39 is 23.0 Å². The largest absolute Gasteiger partial charge is 0.481 e. The van der Waals surface area contributed by atoms with E-state index >= 15 is 0 Å². The number of urea groups is 1. The van der Waals surface area contributed by atoms with Gasteiger partial charge in [-0.15, -0.1) is 0 Å². The third-order valence-electron chi connectivity index (χ3n) is 16.1. The van der Waals surface area contributed by atoms with Crippen molar-refractivity contribution in [1.29, 1.82) is 0 Å². The van der Waals surface area contributed by atoms with Gasteiger partial charge in [0.05, 0.1) is 22.9 Å². The smallest absolute Gasteiger partial charge is 0.316 e. The molecule has 0 radical (unpaired) electrons. The first-order chi connectivity index (χ1) is 24.8. The van der Waals surface area contributed by atoms with E-state index in [1.807, 2.05) is 45.0 Å². The fourth-order valence-corrected chi connectivity index (χ4v) is 13.5. The van der Waals surface area contributed by atoms with Gasteiger partial charge in [-0.2, -0.15) is 0 Å². The third-order valence-corrected chi connectivity index (χ3v) is 16.4. The summed E-state index contributed by atoms with van der Waals surface area (Å²) in [6.45, 7) is 17.4. The highest BCUT2D eigenvalue weighted by molar-refractivity contribution is 6.30. The molecule has 3 N–H and O–H groups in total. The number of hydrogen-bond donors (Lipinski definition) is 3. The Morgan fingerprint density at radius 1 is 0.906 bits per heavy atom. The molecule has 1 aromatic rings. The van der Waals surface area contributed by atoms with Crippen molar-refractivity contribution in [3.05, 3.63) is 46.0 Å². The zero-order valence-corrected chi connectivity index (χ0v) is 33.8. The number of halogens is 1. The Labute approximate surface area is 321 Å². The Morgan fingerprint density at radius 2 is 1.55 bits per heavy atom. The summed E-state index contributed by atoms with van der Waals surface area (Å²) >= 11 is 6.15. The van der Waals surface area contributed by atoms with Crippen LogP contribution in [0.3, 0.4) is 0 Å². The zero-order valence-electron chi connectivity index (χ0n) is 33.0. The van der Waals surface area contributed by atoms with E-state index in [1.165, 1.54) is 5.57 Å². The van der Waals surface area contributed by atoms with E-state index in [4.69, 9.17) is 16.3 Å². The van der Waals surface area contributed by atoms with E-state index in [9.17, 15) is 24.3 Å². The van der Waals surface area contributed by atoms with Crippen molar-refractivity contribution in [2.24, 2.45) is 64.1 Å². The van der Waals surface area contributed by atoms with Gasteiger partial charge >= 0.3 is 18.0 Å². The Bertz CT molecular complexity index is 1700. The van der Waals surface area contributed by atoms with Crippen LogP contribution in [0.5, 0.6) is 0 Å². The number of fused-ring (bicyclic) bond motifs is 7. The maximum atomic E-state index is 14.0. The molecule has 7 rings (SSSR count). The van der Waals surface area contributed by atoms with E-state index in [0.29, 0.717) is 35.6 Å². The van der Waals surface area contributed by atoms with Gasteiger partial charge in [0, 0.05) is 11.4 Å². The van der Waals surface area contributed by atoms with Gasteiger partial charge < -0.3 is 20.5 Å². The highest BCUT2D eigenvalue weighted by Crippen LogP contribution is 2.70. The average molecular weight is 749 g/mol. The van der Waals surface area contributed by atoms with E-state index in [1.54, 1.807) is 0 Å². The Kier molecular flexibility index (Phi) is 9.72. The maximum absolute atomic E-state index is 14.0. The second kappa shape index (κ2) is 13.4. The normalized spacial score (nSPS) is 40.6. The molecule has 0 aliphatic heterocycles. The second-order valence-corrected chi connectivity index (χ2v) is 19.9. The monoisotopic (exact) mass is 748 g/mol. The molecule has 5 fully saturated rings. The Balaban J connectivity index is 1.09. The van der Waals surface area contributed by atoms with E-state index in [-0.39, 0.29) is 64.3 Å². The minimum Gasteiger partial charge on any atom is -0.481 e. The van der Waals surface area contributed by atoms with Crippen molar-refractivity contribution < 1.29 is 29.0 Å². The number of rotatable bonds is 7. The van der Waals surface area contributed by atoms with Gasteiger partial charge in [-0.3, -0.25) is 14.4 Å². The van der Waals surface area contributed by atoms with Crippen LogP contribution < -0.4 is 10.6 Å². The number of allylic oxidation sites excluding steroid dienone is 1. The van der Waals surface area contributed by atoms with Gasteiger partial charge in [0.1, 0.15) is 6.10 Å². The summed E-state index contributed by atoms with van der Waals surface area (Å²) in [5, 5.41) is 16.8. The molecule has 9 heteroatoms. The number of carboxylic acid groups (broad SMARTS) is 1. The van der Waals surface area contributed by atoms with Gasteiger partial charge in [0.25, 0.3) is 0 Å². The molecule has 12 atom stereocenters. The fourth-order valence-electron chi connectivity index (χ4n) is 13.3. The molecule has 290 valence electrons. The van der Waals surface area contributed by atoms with Crippen molar-refractivity contribution in [2.45, 2.75) is 137 Å². The molecule has 6 aliphatic rings. The Morgan fingerprint density at radius 3 is 2.19 bits per heavy atom. The molecule has 0 bridgehead atoms. The van der Waals surface area contributed by atoms with Gasteiger partial charge in [0.2, 0.25) is 0 Å². The van der Waals surface area contributed by atoms with Gasteiger partial charge in [0.15, 0.2) is 5.78 Å². The predicted octanol–water partition coefficient (Wildman–Crippen LogP) is 9.10. The van der Waals surface area contributed by atoms with Crippen LogP contribution in [0.15, 0.2) is 35.4 Å². The molecule has 2 amide bonds. The van der Waals surface area contributed by atoms with Crippen LogP contribution in [-0.2, 0) is 24.7 Å². The molecule has 0 aromatic heterocycles. The third kappa shape index (κ3) is 6.16. The first-order valence-electron chi connectivity index (χ1n) is 20.4. The standard InChI is InChI=1S/C44H61ClN2O6/c1-23(2)36-33(48)22-44(47-40(52)46-41(5,6)26-9-11-27(45)12-10-26)20-16-32-28(37(36)44)13-14-35-42(7)19-17-34(25(4)31(42)15-18-43(32,35)8)53-39(51)30-21-29(24(30)3)38(49)50/h9-12,23-25,28-32,34-35H,13-22H2,1-8H3,(H,49,50)(H2,46,47,52). The van der Waals surface area contributed by atoms with Crippen LogP contribution in [0.2, 0.25) is 5.02 Å². The number of nitrogens with one attached hydrogen (secondary N) is 2. The number of benzene rings is 1. The van der Waals surface area contributed by atoms with Crippen molar-refractivity contribution in [1.82, 2.24) is 10.6 Å². The summed E-state index contributed by atoms with van der Waals surface area (Å²) in [6.07, 6.45) is 8.50. The highest BCUT2D eigenvalue weighted by atomic mass is 35.5. The first-order valence-corrected chi connectivity index (χ1v) is 20.8. The van der Waals surface area contributed by atoms with Crippen LogP contribution in [0, 0.1) is 64.1 Å². The number of esters is 1. The number of Topliss-reactive ketones (excluding diaryl/α,β-unsaturated/α-hetero) is 1. The lowest BCUT2D eigenvalue weighted by molar-refractivity contribution is -0.196. The van der Waals surface area contributed by atoms with Crippen LogP contribution in [0.1, 0.15) is 125 Å². The topological polar surface area (TPSA) is 122 Å². The maximum Gasteiger partial charge on any atom is 0.316 e. The summed E-state index contributed by atoms with van der Waals surface area (Å²) in [4.78, 5) is 52.6. The molecule has 8 nitrogen and oxygen atoms in total. The van der Waals surface area contributed by atoms with Crippen molar-refractivity contribution in [3.63, 3.8) is 0 Å². The SMILES string of the molecule is CC(C)C1=C2C3CCC4C(C)(CCC5C(C)C(OC(=O)C6CC(C(=O)O)C6C)CCC54C)C3CCC2(NC(=O)NC(C)(C)c2ccc(Cl)cc2)CC1=O. The molecule has 5 saturated carbocycles. The molecule has 1 aromatic carbocycles. The summed E-state index contributed by atoms with van der Waals surface area (Å²) in [6, 6.07) is 7.31. The quantitative estimate of drug-likeness (QED) is 0.239. The number of carboxylic acids is 1.